The van der Waals surface area contributed by atoms with Gasteiger partial charge in [0.25, 0.3) is 0 Å². The van der Waals surface area contributed by atoms with Gasteiger partial charge >= 0.3 is 0 Å². The molecule has 72 valence electrons. The molecule has 1 heterocycles. The van der Waals surface area contributed by atoms with Crippen LogP contribution in [-0.2, 0) is 11.3 Å². The van der Waals surface area contributed by atoms with Gasteiger partial charge in [0.05, 0.1) is 0 Å². The first-order chi connectivity index (χ1) is 5.97. The quantitative estimate of drug-likeness (QED) is 0.733. The van der Waals surface area contributed by atoms with E-state index in [0.29, 0.717) is 0 Å². The van der Waals surface area contributed by atoms with Gasteiger partial charge in [-0.15, -0.1) is 0 Å². The summed E-state index contributed by atoms with van der Waals surface area (Å²) in [5.74, 6) is -0.0174. The van der Waals surface area contributed by atoms with Crippen molar-refractivity contribution in [1.29, 1.82) is 0 Å². The number of nitrogens with zero attached hydrogens (tertiary/aromatic N) is 2. The molecule has 4 heteroatoms. The first kappa shape index (κ1) is 9.77. The lowest BCUT2D eigenvalue weighted by molar-refractivity contribution is -0.123. The van der Waals surface area contributed by atoms with Gasteiger partial charge in [0.1, 0.15) is 6.54 Å². The summed E-state index contributed by atoms with van der Waals surface area (Å²) in [6, 6.07) is 1.80. The Kier molecular flexibility index (Phi) is 2.70. The zero-order chi connectivity index (χ0) is 9.90. The van der Waals surface area contributed by atoms with E-state index in [9.17, 15) is 4.79 Å². The van der Waals surface area contributed by atoms with E-state index in [4.69, 9.17) is 0 Å². The normalized spacial score (nSPS) is 11.3. The monoisotopic (exact) mass is 181 g/mol. The Morgan fingerprint density at radius 3 is 2.69 bits per heavy atom. The molecular weight excluding hydrogens is 166 g/mol. The van der Waals surface area contributed by atoms with Crippen LogP contribution in [0, 0.1) is 0 Å². The third-order valence-electron chi connectivity index (χ3n) is 1.38. The van der Waals surface area contributed by atoms with Crippen molar-refractivity contribution in [3.8, 4) is 0 Å². The van der Waals surface area contributed by atoms with Gasteiger partial charge in [-0.1, -0.05) is 0 Å². The lowest BCUT2D eigenvalue weighted by Gasteiger charge is -2.20. The summed E-state index contributed by atoms with van der Waals surface area (Å²) in [6.45, 7) is 6.14. The van der Waals surface area contributed by atoms with E-state index in [1.54, 1.807) is 23.1 Å². The van der Waals surface area contributed by atoms with Crippen LogP contribution in [0.25, 0.3) is 0 Å². The summed E-state index contributed by atoms with van der Waals surface area (Å²) in [5.41, 5.74) is -0.176. The predicted molar refractivity (Wildman–Crippen MR) is 50.1 cm³/mol. The molecule has 1 aromatic heterocycles. The molecule has 0 saturated carbocycles. The number of nitrogens with one attached hydrogen (secondary N) is 1. The molecule has 0 aliphatic carbocycles. The predicted octanol–water partition coefficient (Wildman–Crippen LogP) is 0.798. The summed E-state index contributed by atoms with van der Waals surface area (Å²) in [5, 5.41) is 6.80. The molecule has 1 amide bonds. The summed E-state index contributed by atoms with van der Waals surface area (Å²) in [7, 11) is 0. The van der Waals surface area contributed by atoms with Crippen LogP contribution in [0.4, 0.5) is 0 Å². The highest BCUT2D eigenvalue weighted by Gasteiger charge is 2.13. The minimum Gasteiger partial charge on any atom is -0.350 e. The topological polar surface area (TPSA) is 46.9 Å². The lowest BCUT2D eigenvalue weighted by Crippen LogP contribution is -2.42. The molecule has 0 aliphatic heterocycles. The van der Waals surface area contributed by atoms with Gasteiger partial charge in [0, 0.05) is 17.9 Å². The summed E-state index contributed by atoms with van der Waals surface area (Å²) >= 11 is 0. The third-order valence-corrected chi connectivity index (χ3v) is 1.38. The van der Waals surface area contributed by atoms with Gasteiger partial charge in [0.15, 0.2) is 0 Å². The number of hydrogen-bond donors (Lipinski definition) is 1. The minimum atomic E-state index is -0.176. The number of aromatic nitrogens is 2. The molecule has 0 atom stereocenters. The van der Waals surface area contributed by atoms with Gasteiger partial charge in [-0.25, -0.2) is 0 Å². The van der Waals surface area contributed by atoms with E-state index in [2.05, 4.69) is 10.4 Å². The molecule has 1 N–H and O–H groups in total. The Hall–Kier alpha value is -1.32. The Labute approximate surface area is 77.9 Å². The number of amides is 1. The third kappa shape index (κ3) is 3.73. The van der Waals surface area contributed by atoms with E-state index in [-0.39, 0.29) is 18.0 Å². The molecule has 0 unspecified atom stereocenters. The SMILES string of the molecule is CC(C)(C)NC(=O)Cn1cccn1. The summed E-state index contributed by atoms with van der Waals surface area (Å²) < 4.78 is 1.60. The van der Waals surface area contributed by atoms with Crippen LogP contribution < -0.4 is 5.32 Å². The Morgan fingerprint density at radius 2 is 2.23 bits per heavy atom. The highest BCUT2D eigenvalue weighted by atomic mass is 16.2. The molecule has 4 nitrogen and oxygen atoms in total. The van der Waals surface area contributed by atoms with Crippen LogP contribution in [0.5, 0.6) is 0 Å². The van der Waals surface area contributed by atoms with Crippen molar-refractivity contribution in [2.45, 2.75) is 32.9 Å². The van der Waals surface area contributed by atoms with Crippen molar-refractivity contribution in [3.05, 3.63) is 18.5 Å². The van der Waals surface area contributed by atoms with Gasteiger partial charge < -0.3 is 5.32 Å². The van der Waals surface area contributed by atoms with Crippen molar-refractivity contribution in [2.75, 3.05) is 0 Å². The van der Waals surface area contributed by atoms with Crippen LogP contribution in [0.15, 0.2) is 18.5 Å². The van der Waals surface area contributed by atoms with Gasteiger partial charge in [-0.05, 0) is 26.8 Å². The largest absolute Gasteiger partial charge is 0.350 e. The Morgan fingerprint density at radius 1 is 1.54 bits per heavy atom. The van der Waals surface area contributed by atoms with Crippen LogP contribution >= 0.6 is 0 Å². The summed E-state index contributed by atoms with van der Waals surface area (Å²) in [4.78, 5) is 11.4. The molecule has 1 aromatic rings. The van der Waals surface area contributed by atoms with Gasteiger partial charge in [-0.2, -0.15) is 5.10 Å². The fraction of sp³-hybridized carbons (Fsp3) is 0.556. The van der Waals surface area contributed by atoms with E-state index in [1.807, 2.05) is 20.8 Å². The average Bonchev–Trinajstić information content (AvgIpc) is 2.34. The standard InChI is InChI=1S/C9H15N3O/c1-9(2,3)11-8(13)7-12-6-4-5-10-12/h4-6H,7H2,1-3H3,(H,11,13). The molecule has 0 aliphatic rings. The van der Waals surface area contributed by atoms with Crippen molar-refractivity contribution in [3.63, 3.8) is 0 Å². The molecule has 0 bridgehead atoms. The van der Waals surface area contributed by atoms with E-state index < -0.39 is 0 Å². The smallest absolute Gasteiger partial charge is 0.242 e. The maximum absolute atomic E-state index is 11.4. The Bertz CT molecular complexity index is 272. The fourth-order valence-corrected chi connectivity index (χ4v) is 0.999. The van der Waals surface area contributed by atoms with Crippen molar-refractivity contribution in [2.24, 2.45) is 0 Å². The maximum Gasteiger partial charge on any atom is 0.242 e. The highest BCUT2D eigenvalue weighted by molar-refractivity contribution is 5.76. The van der Waals surface area contributed by atoms with Crippen LogP contribution in [0.2, 0.25) is 0 Å². The molecule has 0 aromatic carbocycles. The first-order valence-corrected chi connectivity index (χ1v) is 4.26. The molecule has 0 saturated heterocycles. The second-order valence-corrected chi connectivity index (χ2v) is 4.00. The summed E-state index contributed by atoms with van der Waals surface area (Å²) in [6.07, 6.45) is 3.42. The van der Waals surface area contributed by atoms with E-state index in [0.717, 1.165) is 0 Å². The zero-order valence-corrected chi connectivity index (χ0v) is 8.24. The average molecular weight is 181 g/mol. The molecule has 1 rings (SSSR count). The second-order valence-electron chi connectivity index (χ2n) is 4.00. The molecule has 0 spiro atoms. The molecule has 13 heavy (non-hydrogen) atoms. The van der Waals surface area contributed by atoms with Crippen LogP contribution in [-0.4, -0.2) is 21.2 Å². The van der Waals surface area contributed by atoms with Crippen molar-refractivity contribution >= 4 is 5.91 Å². The highest BCUT2D eigenvalue weighted by Crippen LogP contribution is 1.98. The van der Waals surface area contributed by atoms with Gasteiger partial charge in [-0.3, -0.25) is 9.48 Å². The molecule has 0 fully saturated rings. The number of carbonyl (C=O) groups is 1. The van der Waals surface area contributed by atoms with Crippen LogP contribution in [0.1, 0.15) is 20.8 Å². The van der Waals surface area contributed by atoms with E-state index in [1.165, 1.54) is 0 Å². The second kappa shape index (κ2) is 3.60. The molecule has 0 radical (unpaired) electrons. The number of rotatable bonds is 2. The number of carbonyl (C=O) groups excluding carboxylic acids is 1. The fourth-order valence-electron chi connectivity index (χ4n) is 0.999. The van der Waals surface area contributed by atoms with E-state index >= 15 is 0 Å². The first-order valence-electron chi connectivity index (χ1n) is 4.26. The van der Waals surface area contributed by atoms with Crippen LogP contribution in [0.3, 0.4) is 0 Å². The zero-order valence-electron chi connectivity index (χ0n) is 8.24. The van der Waals surface area contributed by atoms with Gasteiger partial charge in [0.2, 0.25) is 5.91 Å². The minimum absolute atomic E-state index is 0.0174. The molecular formula is C9H15N3O. The van der Waals surface area contributed by atoms with Crippen molar-refractivity contribution in [1.82, 2.24) is 15.1 Å². The Balaban J connectivity index is 2.43. The lowest BCUT2D eigenvalue weighted by atomic mass is 10.1. The number of hydrogen-bond acceptors (Lipinski definition) is 2. The maximum atomic E-state index is 11.4. The van der Waals surface area contributed by atoms with Crippen molar-refractivity contribution < 1.29 is 4.79 Å².